The van der Waals surface area contributed by atoms with Crippen LogP contribution in [0.15, 0.2) is 29.3 Å². The monoisotopic (exact) mass is 488 g/mol. The SMILES string of the molecule is CCNC(=NCCNS(=O)(=O)CC)N(C)Cc1ccc(Cl)cc1.I. The Kier molecular flexibility index (Phi) is 11.6. The fourth-order valence-corrected chi connectivity index (χ4v) is 2.61. The molecule has 6 nitrogen and oxygen atoms in total. The molecule has 0 saturated heterocycles. The van der Waals surface area contributed by atoms with Crippen LogP contribution in [0.25, 0.3) is 0 Å². The molecule has 1 rings (SSSR count). The van der Waals surface area contributed by atoms with Gasteiger partial charge in [0.05, 0.1) is 12.3 Å². The summed E-state index contributed by atoms with van der Waals surface area (Å²) in [5, 5.41) is 3.91. The van der Waals surface area contributed by atoms with Gasteiger partial charge in [0.2, 0.25) is 10.0 Å². The van der Waals surface area contributed by atoms with Crippen LogP contribution in [0.3, 0.4) is 0 Å². The summed E-state index contributed by atoms with van der Waals surface area (Å²) in [4.78, 5) is 6.43. The van der Waals surface area contributed by atoms with E-state index in [0.717, 1.165) is 18.1 Å². The third kappa shape index (κ3) is 9.05. The average Bonchev–Trinajstić information content (AvgIpc) is 2.52. The van der Waals surface area contributed by atoms with Gasteiger partial charge in [-0.2, -0.15) is 0 Å². The van der Waals surface area contributed by atoms with Crippen LogP contribution in [0, 0.1) is 0 Å². The number of nitrogens with zero attached hydrogens (tertiary/aromatic N) is 2. The molecule has 0 amide bonds. The quantitative estimate of drug-likeness (QED) is 0.255. The third-order valence-corrected chi connectivity index (χ3v) is 4.76. The van der Waals surface area contributed by atoms with Crippen LogP contribution in [0.4, 0.5) is 0 Å². The van der Waals surface area contributed by atoms with E-state index in [2.05, 4.69) is 15.0 Å². The van der Waals surface area contributed by atoms with Gasteiger partial charge in [0.15, 0.2) is 5.96 Å². The molecule has 0 atom stereocenters. The van der Waals surface area contributed by atoms with Crippen LogP contribution in [-0.4, -0.2) is 51.7 Å². The Morgan fingerprint density at radius 1 is 1.25 bits per heavy atom. The average molecular weight is 489 g/mol. The minimum atomic E-state index is -3.17. The van der Waals surface area contributed by atoms with Crippen LogP contribution in [0.5, 0.6) is 0 Å². The fourth-order valence-electron chi connectivity index (χ4n) is 1.87. The molecule has 0 aliphatic heterocycles. The fraction of sp³-hybridized carbons (Fsp3) is 0.533. The smallest absolute Gasteiger partial charge is 0.211 e. The van der Waals surface area contributed by atoms with E-state index in [1.165, 1.54) is 0 Å². The molecule has 0 heterocycles. The van der Waals surface area contributed by atoms with Crippen molar-refractivity contribution in [3.63, 3.8) is 0 Å². The van der Waals surface area contributed by atoms with Crippen molar-refractivity contribution in [3.05, 3.63) is 34.9 Å². The standard InChI is InChI=1S/C15H25ClN4O2S.HI/c1-4-17-15(18-10-11-19-23(21,22)5-2)20(3)12-13-6-8-14(16)9-7-13;/h6-9,19H,4-5,10-12H2,1-3H3,(H,17,18);1H. The summed E-state index contributed by atoms with van der Waals surface area (Å²) in [5.41, 5.74) is 1.12. The first kappa shape index (κ1) is 23.4. The normalized spacial score (nSPS) is 11.8. The summed E-state index contributed by atoms with van der Waals surface area (Å²) in [5.74, 6) is 0.811. The van der Waals surface area contributed by atoms with Crippen molar-refractivity contribution in [2.24, 2.45) is 4.99 Å². The summed E-state index contributed by atoms with van der Waals surface area (Å²) < 4.78 is 25.3. The van der Waals surface area contributed by atoms with Crippen LogP contribution in [0.2, 0.25) is 5.02 Å². The number of nitrogens with one attached hydrogen (secondary N) is 2. The van der Waals surface area contributed by atoms with Crippen molar-refractivity contribution < 1.29 is 8.42 Å². The van der Waals surface area contributed by atoms with E-state index in [4.69, 9.17) is 11.6 Å². The largest absolute Gasteiger partial charge is 0.357 e. The lowest BCUT2D eigenvalue weighted by Crippen LogP contribution is -2.39. The lowest BCUT2D eigenvalue weighted by molar-refractivity contribution is 0.477. The van der Waals surface area contributed by atoms with E-state index in [1.807, 2.05) is 43.1 Å². The van der Waals surface area contributed by atoms with Gasteiger partial charge in [-0.25, -0.2) is 13.1 Å². The molecule has 0 aromatic heterocycles. The number of sulfonamides is 1. The Morgan fingerprint density at radius 2 is 1.88 bits per heavy atom. The highest BCUT2D eigenvalue weighted by molar-refractivity contribution is 14.0. The van der Waals surface area contributed by atoms with Crippen molar-refractivity contribution >= 4 is 51.6 Å². The lowest BCUT2D eigenvalue weighted by Gasteiger charge is -2.22. The first-order valence-electron chi connectivity index (χ1n) is 7.59. The molecule has 0 aliphatic rings. The molecule has 0 fully saturated rings. The molecule has 0 bridgehead atoms. The van der Waals surface area contributed by atoms with Crippen LogP contribution < -0.4 is 10.0 Å². The van der Waals surface area contributed by atoms with Gasteiger partial charge in [-0.3, -0.25) is 4.99 Å². The van der Waals surface area contributed by atoms with Gasteiger partial charge in [-0.05, 0) is 31.5 Å². The van der Waals surface area contributed by atoms with E-state index in [-0.39, 0.29) is 29.7 Å². The highest BCUT2D eigenvalue weighted by Crippen LogP contribution is 2.10. The third-order valence-electron chi connectivity index (χ3n) is 3.10. The van der Waals surface area contributed by atoms with Crippen molar-refractivity contribution in [1.82, 2.24) is 14.9 Å². The van der Waals surface area contributed by atoms with Crippen molar-refractivity contribution in [3.8, 4) is 0 Å². The zero-order chi connectivity index (χ0) is 17.3. The predicted octanol–water partition coefficient (Wildman–Crippen LogP) is 2.29. The molecule has 1 aromatic rings. The van der Waals surface area contributed by atoms with E-state index >= 15 is 0 Å². The van der Waals surface area contributed by atoms with E-state index in [1.54, 1.807) is 6.92 Å². The predicted molar refractivity (Wildman–Crippen MR) is 112 cm³/mol. The van der Waals surface area contributed by atoms with Gasteiger partial charge in [-0.15, -0.1) is 24.0 Å². The number of benzene rings is 1. The lowest BCUT2D eigenvalue weighted by atomic mass is 10.2. The van der Waals surface area contributed by atoms with E-state index in [9.17, 15) is 8.42 Å². The van der Waals surface area contributed by atoms with Crippen LogP contribution in [-0.2, 0) is 16.6 Å². The first-order chi connectivity index (χ1) is 10.9. The van der Waals surface area contributed by atoms with Gasteiger partial charge in [0.1, 0.15) is 0 Å². The number of rotatable bonds is 8. The van der Waals surface area contributed by atoms with Gasteiger partial charge in [0.25, 0.3) is 0 Å². The summed E-state index contributed by atoms with van der Waals surface area (Å²) >= 11 is 5.89. The Balaban J connectivity index is 0.00000529. The highest BCUT2D eigenvalue weighted by atomic mass is 127. The molecule has 2 N–H and O–H groups in total. The number of hydrogen-bond acceptors (Lipinski definition) is 3. The summed E-state index contributed by atoms with van der Waals surface area (Å²) in [6.07, 6.45) is 0. The van der Waals surface area contributed by atoms with Gasteiger partial charge < -0.3 is 10.2 Å². The maximum atomic E-state index is 11.4. The Hall–Kier alpha value is -0.580. The molecule has 0 radical (unpaired) electrons. The molecular formula is C15H26ClIN4O2S. The number of aliphatic imine (C=N–C) groups is 1. The van der Waals surface area contributed by atoms with Crippen molar-refractivity contribution in [2.75, 3.05) is 32.4 Å². The topological polar surface area (TPSA) is 73.8 Å². The maximum Gasteiger partial charge on any atom is 0.211 e. The highest BCUT2D eigenvalue weighted by Gasteiger charge is 2.08. The Morgan fingerprint density at radius 3 is 2.42 bits per heavy atom. The van der Waals surface area contributed by atoms with E-state index in [0.29, 0.717) is 24.7 Å². The van der Waals surface area contributed by atoms with E-state index < -0.39 is 10.0 Å². The molecule has 0 unspecified atom stereocenters. The van der Waals surface area contributed by atoms with Gasteiger partial charge in [-0.1, -0.05) is 23.7 Å². The zero-order valence-electron chi connectivity index (χ0n) is 14.3. The molecule has 0 saturated carbocycles. The number of hydrogen-bond donors (Lipinski definition) is 2. The number of halogens is 2. The van der Waals surface area contributed by atoms with Crippen molar-refractivity contribution in [2.45, 2.75) is 20.4 Å². The number of guanidine groups is 1. The van der Waals surface area contributed by atoms with Gasteiger partial charge in [0, 0.05) is 31.7 Å². The first-order valence-corrected chi connectivity index (χ1v) is 9.62. The molecule has 0 spiro atoms. The summed E-state index contributed by atoms with van der Waals surface area (Å²) in [6.45, 7) is 5.70. The molecule has 1 aromatic carbocycles. The summed E-state index contributed by atoms with van der Waals surface area (Å²) in [6, 6.07) is 7.65. The molecule has 138 valence electrons. The zero-order valence-corrected chi connectivity index (χ0v) is 18.2. The van der Waals surface area contributed by atoms with Gasteiger partial charge >= 0.3 is 0 Å². The maximum absolute atomic E-state index is 11.4. The molecule has 9 heteroatoms. The molecule has 0 aliphatic carbocycles. The van der Waals surface area contributed by atoms with Crippen molar-refractivity contribution in [1.29, 1.82) is 0 Å². The Labute approximate surface area is 167 Å². The Bertz CT molecular complexity index is 608. The second-order valence-corrected chi connectivity index (χ2v) is 7.55. The molecule has 24 heavy (non-hydrogen) atoms. The van der Waals surface area contributed by atoms with Crippen LogP contribution in [0.1, 0.15) is 19.4 Å². The minimum Gasteiger partial charge on any atom is -0.357 e. The second kappa shape index (κ2) is 11.9. The minimum absolute atomic E-state index is 0. The molecular weight excluding hydrogens is 463 g/mol. The summed E-state index contributed by atoms with van der Waals surface area (Å²) in [7, 11) is -1.23. The second-order valence-electron chi connectivity index (χ2n) is 5.02. The van der Waals surface area contributed by atoms with Crippen LogP contribution >= 0.6 is 35.6 Å².